The Balaban J connectivity index is 0.00000106. The van der Waals surface area contributed by atoms with Crippen molar-refractivity contribution in [3.8, 4) is 0 Å². The Labute approximate surface area is 102 Å². The molecule has 0 radical (unpaired) electrons. The summed E-state index contributed by atoms with van der Waals surface area (Å²) in [5, 5.41) is 0.435. The van der Waals surface area contributed by atoms with Crippen LogP contribution in [0.5, 0.6) is 0 Å². The van der Waals surface area contributed by atoms with Crippen LogP contribution in [0.15, 0.2) is 37.5 Å². The summed E-state index contributed by atoms with van der Waals surface area (Å²) in [7, 11) is 0. The van der Waals surface area contributed by atoms with Crippen molar-refractivity contribution < 1.29 is 0 Å². The average Bonchev–Trinajstić information content (AvgIpc) is 2.27. The van der Waals surface area contributed by atoms with Crippen LogP contribution in [0.4, 0.5) is 0 Å². The smallest absolute Gasteiger partial charge is 0.133 e. The van der Waals surface area contributed by atoms with Crippen molar-refractivity contribution in [2.24, 2.45) is 0 Å². The molecule has 0 bridgehead atoms. The van der Waals surface area contributed by atoms with Gasteiger partial charge in [0.05, 0.1) is 5.69 Å². The van der Waals surface area contributed by atoms with E-state index in [4.69, 9.17) is 11.6 Å². The normalized spacial score (nSPS) is 10.1. The maximum absolute atomic E-state index is 5.81. The zero-order valence-corrected chi connectivity index (χ0v) is 10.8. The number of hydrogen-bond acceptors (Lipinski definition) is 2. The number of hydrogen-bond donors (Lipinski definition) is 0. The van der Waals surface area contributed by atoms with Crippen LogP contribution in [-0.2, 0) is 0 Å². The van der Waals surface area contributed by atoms with Gasteiger partial charge in [0.25, 0.3) is 0 Å². The lowest BCUT2D eigenvalue weighted by molar-refractivity contribution is 1.04. The topological polar surface area (TPSA) is 25.8 Å². The minimum atomic E-state index is 0.435. The highest BCUT2D eigenvalue weighted by Gasteiger charge is 2.02. The Bertz CT molecular complexity index is 375. The molecule has 0 amide bonds. The summed E-state index contributed by atoms with van der Waals surface area (Å²) in [6.45, 7) is 13.1. The molecule has 0 spiro atoms. The van der Waals surface area contributed by atoms with Crippen LogP contribution < -0.4 is 0 Å². The largest absolute Gasteiger partial charge is 0.233 e. The van der Waals surface area contributed by atoms with Crippen molar-refractivity contribution in [1.82, 2.24) is 9.97 Å². The molecule has 0 N–H and O–H groups in total. The molecule has 16 heavy (non-hydrogen) atoms. The van der Waals surface area contributed by atoms with E-state index in [2.05, 4.69) is 23.1 Å². The highest BCUT2D eigenvalue weighted by molar-refractivity contribution is 6.29. The summed E-state index contributed by atoms with van der Waals surface area (Å²) in [4.78, 5) is 8.22. The summed E-state index contributed by atoms with van der Waals surface area (Å²) in [5.74, 6) is 0.643. The summed E-state index contributed by atoms with van der Waals surface area (Å²) in [6.07, 6.45) is 5.22. The molecular formula is C13H17ClN2. The molecule has 3 heteroatoms. The monoisotopic (exact) mass is 236 g/mol. The Morgan fingerprint density at radius 1 is 1.31 bits per heavy atom. The summed E-state index contributed by atoms with van der Waals surface area (Å²) in [5.41, 5.74) is 1.64. The molecular weight excluding hydrogens is 220 g/mol. The van der Waals surface area contributed by atoms with Gasteiger partial charge in [-0.1, -0.05) is 56.8 Å². The molecule has 0 aromatic carbocycles. The van der Waals surface area contributed by atoms with E-state index in [-0.39, 0.29) is 0 Å². The van der Waals surface area contributed by atoms with Gasteiger partial charge in [0.1, 0.15) is 11.0 Å². The standard InChI is InChI=1S/C11H11ClN2.C2H6/c1-4-6-9(5-2)10-7-11(12)14-8(3)13-10;1-2/h4-7H,1-2H2,3H3;1-2H3/b9-6+;. The lowest BCUT2D eigenvalue weighted by Gasteiger charge is -2.02. The van der Waals surface area contributed by atoms with Gasteiger partial charge in [0.2, 0.25) is 0 Å². The summed E-state index contributed by atoms with van der Waals surface area (Å²) < 4.78 is 0. The molecule has 2 nitrogen and oxygen atoms in total. The third-order valence-electron chi connectivity index (χ3n) is 1.62. The lowest BCUT2D eigenvalue weighted by Crippen LogP contribution is -1.93. The van der Waals surface area contributed by atoms with E-state index in [1.54, 1.807) is 25.1 Å². The third kappa shape index (κ3) is 4.41. The second-order valence-electron chi connectivity index (χ2n) is 2.68. The van der Waals surface area contributed by atoms with Crippen LogP contribution in [0.2, 0.25) is 5.15 Å². The average molecular weight is 237 g/mol. The molecule has 1 aromatic rings. The van der Waals surface area contributed by atoms with Crippen molar-refractivity contribution in [3.05, 3.63) is 54.1 Å². The fraction of sp³-hybridized carbons (Fsp3) is 0.231. The van der Waals surface area contributed by atoms with E-state index in [0.29, 0.717) is 11.0 Å². The van der Waals surface area contributed by atoms with Gasteiger partial charge >= 0.3 is 0 Å². The van der Waals surface area contributed by atoms with Crippen molar-refractivity contribution in [2.45, 2.75) is 20.8 Å². The Hall–Kier alpha value is -1.41. The summed E-state index contributed by atoms with van der Waals surface area (Å²) in [6, 6.07) is 1.70. The van der Waals surface area contributed by atoms with Crippen LogP contribution >= 0.6 is 11.6 Å². The molecule has 1 rings (SSSR count). The molecule has 0 aliphatic rings. The molecule has 86 valence electrons. The van der Waals surface area contributed by atoms with Crippen molar-refractivity contribution in [3.63, 3.8) is 0 Å². The molecule has 0 saturated carbocycles. The van der Waals surface area contributed by atoms with E-state index in [1.807, 2.05) is 19.9 Å². The Kier molecular flexibility index (Phi) is 7.14. The molecule has 0 aliphatic heterocycles. The van der Waals surface area contributed by atoms with Gasteiger partial charge in [0.15, 0.2) is 0 Å². The molecule has 1 aromatic heterocycles. The third-order valence-corrected chi connectivity index (χ3v) is 1.81. The van der Waals surface area contributed by atoms with Crippen LogP contribution in [-0.4, -0.2) is 9.97 Å². The first-order valence-electron chi connectivity index (χ1n) is 5.14. The first kappa shape index (κ1) is 14.6. The predicted octanol–water partition coefficient (Wildman–Crippen LogP) is 4.22. The van der Waals surface area contributed by atoms with Gasteiger partial charge in [-0.3, -0.25) is 0 Å². The first-order chi connectivity index (χ1) is 7.67. The van der Waals surface area contributed by atoms with Crippen molar-refractivity contribution in [2.75, 3.05) is 0 Å². The fourth-order valence-corrected chi connectivity index (χ4v) is 1.29. The van der Waals surface area contributed by atoms with E-state index in [1.165, 1.54) is 0 Å². The van der Waals surface area contributed by atoms with E-state index < -0.39 is 0 Å². The number of halogens is 1. The van der Waals surface area contributed by atoms with E-state index >= 15 is 0 Å². The molecule has 1 heterocycles. The Morgan fingerprint density at radius 2 is 1.94 bits per heavy atom. The molecule has 0 fully saturated rings. The van der Waals surface area contributed by atoms with Gasteiger partial charge in [0, 0.05) is 6.07 Å². The zero-order valence-electron chi connectivity index (χ0n) is 10.00. The number of nitrogens with zero attached hydrogens (tertiary/aromatic N) is 2. The highest BCUT2D eigenvalue weighted by Crippen LogP contribution is 2.16. The van der Waals surface area contributed by atoms with Gasteiger partial charge in [-0.2, -0.15) is 0 Å². The molecule has 0 unspecified atom stereocenters. The number of allylic oxidation sites excluding steroid dienone is 4. The van der Waals surface area contributed by atoms with Gasteiger partial charge in [-0.15, -0.1) is 0 Å². The minimum Gasteiger partial charge on any atom is -0.233 e. The van der Waals surface area contributed by atoms with E-state index in [9.17, 15) is 0 Å². The minimum absolute atomic E-state index is 0.435. The van der Waals surface area contributed by atoms with Crippen molar-refractivity contribution >= 4 is 17.2 Å². The van der Waals surface area contributed by atoms with Gasteiger partial charge in [-0.05, 0) is 12.5 Å². The van der Waals surface area contributed by atoms with Crippen molar-refractivity contribution in [1.29, 1.82) is 0 Å². The quantitative estimate of drug-likeness (QED) is 0.580. The lowest BCUT2D eigenvalue weighted by atomic mass is 10.1. The summed E-state index contributed by atoms with van der Waals surface area (Å²) >= 11 is 5.81. The Morgan fingerprint density at radius 3 is 2.38 bits per heavy atom. The highest BCUT2D eigenvalue weighted by atomic mass is 35.5. The first-order valence-corrected chi connectivity index (χ1v) is 5.52. The van der Waals surface area contributed by atoms with Crippen LogP contribution in [0.1, 0.15) is 25.4 Å². The van der Waals surface area contributed by atoms with E-state index in [0.717, 1.165) is 11.3 Å². The SMILES string of the molecule is C=C/C=C(\C=C)c1cc(Cl)nc(C)n1.CC. The van der Waals surface area contributed by atoms with Crippen LogP contribution in [0.25, 0.3) is 5.57 Å². The number of rotatable bonds is 3. The molecule has 0 aliphatic carbocycles. The zero-order chi connectivity index (χ0) is 12.6. The van der Waals surface area contributed by atoms with Crippen LogP contribution in [0, 0.1) is 6.92 Å². The second kappa shape index (κ2) is 7.83. The van der Waals surface area contributed by atoms with Gasteiger partial charge in [-0.25, -0.2) is 9.97 Å². The maximum Gasteiger partial charge on any atom is 0.133 e. The molecule has 0 saturated heterocycles. The van der Waals surface area contributed by atoms with Gasteiger partial charge < -0.3 is 0 Å². The fourth-order valence-electron chi connectivity index (χ4n) is 1.06. The maximum atomic E-state index is 5.81. The number of aryl methyl sites for hydroxylation is 1. The predicted molar refractivity (Wildman–Crippen MR) is 71.5 cm³/mol. The second-order valence-corrected chi connectivity index (χ2v) is 3.07. The number of aromatic nitrogens is 2. The van der Waals surface area contributed by atoms with Crippen LogP contribution in [0.3, 0.4) is 0 Å². The molecule has 0 atom stereocenters.